The number of rotatable bonds is 3. The van der Waals surface area contributed by atoms with Gasteiger partial charge in [-0.15, -0.1) is 0 Å². The molecule has 4 heteroatoms. The first-order valence-electron chi connectivity index (χ1n) is 6.62. The van der Waals surface area contributed by atoms with Crippen molar-refractivity contribution in [1.82, 2.24) is 4.57 Å². The summed E-state index contributed by atoms with van der Waals surface area (Å²) in [7, 11) is 0. The van der Waals surface area contributed by atoms with Gasteiger partial charge in [0, 0.05) is 18.1 Å². The molecule has 0 aliphatic heterocycles. The molecule has 0 atom stereocenters. The zero-order valence-corrected chi connectivity index (χ0v) is 11.5. The number of carboxylic acid groups (broad SMARTS) is 1. The van der Waals surface area contributed by atoms with Gasteiger partial charge in [-0.3, -0.25) is 0 Å². The van der Waals surface area contributed by atoms with Crippen LogP contribution in [0.3, 0.4) is 0 Å². The molecule has 0 spiro atoms. The molecule has 106 valence electrons. The van der Waals surface area contributed by atoms with Crippen LogP contribution in [0.2, 0.25) is 0 Å². The largest absolute Gasteiger partial charge is 0.478 e. The van der Waals surface area contributed by atoms with Crippen molar-refractivity contribution >= 4 is 16.9 Å². The van der Waals surface area contributed by atoms with Gasteiger partial charge in [0.1, 0.15) is 5.82 Å². The lowest BCUT2D eigenvalue weighted by Gasteiger charge is -2.10. The van der Waals surface area contributed by atoms with Gasteiger partial charge in [-0.05, 0) is 42.3 Å². The van der Waals surface area contributed by atoms with E-state index in [4.69, 9.17) is 0 Å². The Morgan fingerprint density at radius 2 is 2.05 bits per heavy atom. The molecule has 0 saturated carbocycles. The molecule has 2 aromatic carbocycles. The number of aromatic carboxylic acids is 1. The molecular weight excluding hydrogens is 269 g/mol. The molecule has 0 fully saturated rings. The van der Waals surface area contributed by atoms with Crippen LogP contribution >= 0.6 is 0 Å². The fraction of sp³-hybridized carbons (Fsp3) is 0.118. The second-order valence-corrected chi connectivity index (χ2v) is 5.06. The molecule has 0 unspecified atom stereocenters. The van der Waals surface area contributed by atoms with Crippen LogP contribution < -0.4 is 0 Å². The van der Waals surface area contributed by atoms with Gasteiger partial charge in [-0.1, -0.05) is 18.2 Å². The van der Waals surface area contributed by atoms with Crippen LogP contribution in [0.4, 0.5) is 4.39 Å². The first kappa shape index (κ1) is 13.4. The van der Waals surface area contributed by atoms with Gasteiger partial charge in [-0.25, -0.2) is 9.18 Å². The van der Waals surface area contributed by atoms with Crippen molar-refractivity contribution in [2.75, 3.05) is 0 Å². The van der Waals surface area contributed by atoms with E-state index in [2.05, 4.69) is 0 Å². The van der Waals surface area contributed by atoms with E-state index in [1.165, 1.54) is 12.1 Å². The average molecular weight is 283 g/mol. The van der Waals surface area contributed by atoms with E-state index in [0.717, 1.165) is 16.5 Å². The summed E-state index contributed by atoms with van der Waals surface area (Å²) < 4.78 is 15.1. The van der Waals surface area contributed by atoms with Crippen LogP contribution in [0.25, 0.3) is 10.9 Å². The fourth-order valence-corrected chi connectivity index (χ4v) is 2.59. The van der Waals surface area contributed by atoms with Gasteiger partial charge in [0.25, 0.3) is 0 Å². The maximum absolute atomic E-state index is 13.2. The summed E-state index contributed by atoms with van der Waals surface area (Å²) in [5, 5.41) is 10.2. The van der Waals surface area contributed by atoms with E-state index in [1.54, 1.807) is 18.2 Å². The SMILES string of the molecule is Cc1cc(F)ccc1Cn1ccc2cccc(C(=O)O)c21. The Bertz CT molecular complexity index is 836. The number of fused-ring (bicyclic) bond motifs is 1. The molecule has 21 heavy (non-hydrogen) atoms. The first-order chi connectivity index (χ1) is 10.1. The predicted octanol–water partition coefficient (Wildman–Crippen LogP) is 3.84. The summed E-state index contributed by atoms with van der Waals surface area (Å²) in [4.78, 5) is 11.4. The van der Waals surface area contributed by atoms with Crippen molar-refractivity contribution in [3.63, 3.8) is 0 Å². The Labute approximate surface area is 121 Å². The molecule has 3 aromatic rings. The molecule has 0 bridgehead atoms. The van der Waals surface area contributed by atoms with Gasteiger partial charge < -0.3 is 9.67 Å². The molecular formula is C17H14FNO2. The van der Waals surface area contributed by atoms with Crippen LogP contribution in [0.1, 0.15) is 21.5 Å². The number of carbonyl (C=O) groups is 1. The monoisotopic (exact) mass is 283 g/mol. The number of aromatic nitrogens is 1. The van der Waals surface area contributed by atoms with Crippen LogP contribution in [0, 0.1) is 12.7 Å². The minimum Gasteiger partial charge on any atom is -0.478 e. The molecule has 3 rings (SSSR count). The second-order valence-electron chi connectivity index (χ2n) is 5.06. The molecule has 0 amide bonds. The molecule has 0 aliphatic carbocycles. The zero-order valence-electron chi connectivity index (χ0n) is 11.5. The van der Waals surface area contributed by atoms with Crippen molar-refractivity contribution in [3.05, 3.63) is 71.2 Å². The highest BCUT2D eigenvalue weighted by Gasteiger charge is 2.12. The summed E-state index contributed by atoms with van der Waals surface area (Å²) in [6.07, 6.45) is 1.86. The molecule has 0 saturated heterocycles. The van der Waals surface area contributed by atoms with Crippen molar-refractivity contribution in [2.45, 2.75) is 13.5 Å². The quantitative estimate of drug-likeness (QED) is 0.793. The van der Waals surface area contributed by atoms with E-state index in [0.29, 0.717) is 12.1 Å². The minimum absolute atomic E-state index is 0.264. The van der Waals surface area contributed by atoms with Gasteiger partial charge in [0.2, 0.25) is 0 Å². The highest BCUT2D eigenvalue weighted by molar-refractivity contribution is 6.02. The Morgan fingerprint density at radius 3 is 2.76 bits per heavy atom. The van der Waals surface area contributed by atoms with E-state index in [1.807, 2.05) is 29.8 Å². The van der Waals surface area contributed by atoms with Crippen LogP contribution in [0.5, 0.6) is 0 Å². The third-order valence-electron chi connectivity index (χ3n) is 3.66. The first-order valence-corrected chi connectivity index (χ1v) is 6.62. The van der Waals surface area contributed by atoms with Crippen LogP contribution in [-0.2, 0) is 6.54 Å². The standard InChI is InChI=1S/C17H14FNO2/c1-11-9-14(18)6-5-13(11)10-19-8-7-12-3-2-4-15(16(12)19)17(20)21/h2-9H,10H2,1H3,(H,20,21). The number of aryl methyl sites for hydroxylation is 1. The van der Waals surface area contributed by atoms with E-state index < -0.39 is 5.97 Å². The average Bonchev–Trinajstić information content (AvgIpc) is 2.85. The summed E-state index contributed by atoms with van der Waals surface area (Å²) in [6, 6.07) is 11.7. The van der Waals surface area contributed by atoms with Crippen molar-refractivity contribution in [3.8, 4) is 0 Å². The molecule has 0 radical (unpaired) electrons. The number of benzene rings is 2. The Morgan fingerprint density at radius 1 is 1.24 bits per heavy atom. The smallest absolute Gasteiger partial charge is 0.337 e. The summed E-state index contributed by atoms with van der Waals surface area (Å²) in [6.45, 7) is 2.36. The maximum atomic E-state index is 13.2. The fourth-order valence-electron chi connectivity index (χ4n) is 2.59. The summed E-state index contributed by atoms with van der Waals surface area (Å²) in [5.74, 6) is -1.21. The lowest BCUT2D eigenvalue weighted by atomic mass is 10.1. The number of hydrogen-bond acceptors (Lipinski definition) is 1. The number of hydrogen-bond donors (Lipinski definition) is 1. The van der Waals surface area contributed by atoms with Gasteiger partial charge in [0.05, 0.1) is 11.1 Å². The molecule has 1 N–H and O–H groups in total. The number of carboxylic acids is 1. The van der Waals surface area contributed by atoms with Gasteiger partial charge in [0.15, 0.2) is 0 Å². The lowest BCUT2D eigenvalue weighted by Crippen LogP contribution is -2.05. The zero-order chi connectivity index (χ0) is 15.0. The van der Waals surface area contributed by atoms with E-state index >= 15 is 0 Å². The number of nitrogens with zero attached hydrogens (tertiary/aromatic N) is 1. The van der Waals surface area contributed by atoms with Crippen LogP contribution in [-0.4, -0.2) is 15.6 Å². The Kier molecular flexibility index (Phi) is 3.22. The van der Waals surface area contributed by atoms with E-state index in [9.17, 15) is 14.3 Å². The van der Waals surface area contributed by atoms with Crippen molar-refractivity contribution in [1.29, 1.82) is 0 Å². The topological polar surface area (TPSA) is 42.2 Å². The van der Waals surface area contributed by atoms with Crippen LogP contribution in [0.15, 0.2) is 48.7 Å². The van der Waals surface area contributed by atoms with E-state index in [-0.39, 0.29) is 11.4 Å². The minimum atomic E-state index is -0.948. The second kappa shape index (κ2) is 5.05. The number of halogens is 1. The summed E-state index contributed by atoms with van der Waals surface area (Å²) >= 11 is 0. The normalized spacial score (nSPS) is 11.0. The molecule has 3 nitrogen and oxygen atoms in total. The lowest BCUT2D eigenvalue weighted by molar-refractivity contribution is 0.0698. The predicted molar refractivity (Wildman–Crippen MR) is 79.1 cm³/mol. The number of para-hydroxylation sites is 1. The van der Waals surface area contributed by atoms with Crippen molar-refractivity contribution < 1.29 is 14.3 Å². The van der Waals surface area contributed by atoms with Gasteiger partial charge >= 0.3 is 5.97 Å². The Balaban J connectivity index is 2.11. The molecule has 1 aromatic heterocycles. The Hall–Kier alpha value is -2.62. The molecule has 0 aliphatic rings. The maximum Gasteiger partial charge on any atom is 0.337 e. The highest BCUT2D eigenvalue weighted by Crippen LogP contribution is 2.22. The van der Waals surface area contributed by atoms with Gasteiger partial charge in [-0.2, -0.15) is 0 Å². The third kappa shape index (κ3) is 2.40. The highest BCUT2D eigenvalue weighted by atomic mass is 19.1. The summed E-state index contributed by atoms with van der Waals surface area (Å²) in [5.41, 5.74) is 2.78. The third-order valence-corrected chi connectivity index (χ3v) is 3.66. The molecule has 1 heterocycles. The van der Waals surface area contributed by atoms with Crippen molar-refractivity contribution in [2.24, 2.45) is 0 Å².